The van der Waals surface area contributed by atoms with Gasteiger partial charge in [-0.2, -0.15) is 0 Å². The fourth-order valence-electron chi connectivity index (χ4n) is 2.48. The summed E-state index contributed by atoms with van der Waals surface area (Å²) in [4.78, 5) is 17.0. The third kappa shape index (κ3) is 3.21. The minimum atomic E-state index is -0.554. The molecule has 4 nitrogen and oxygen atoms in total. The van der Waals surface area contributed by atoms with Crippen LogP contribution in [-0.4, -0.2) is 42.5 Å². The van der Waals surface area contributed by atoms with Gasteiger partial charge in [0, 0.05) is 37.4 Å². The monoisotopic (exact) mass is 289 g/mol. The van der Waals surface area contributed by atoms with Crippen molar-refractivity contribution >= 4 is 11.6 Å². The zero-order chi connectivity index (χ0) is 15.7. The van der Waals surface area contributed by atoms with Crippen molar-refractivity contribution in [2.24, 2.45) is 11.1 Å². The molecule has 0 aliphatic carbocycles. The van der Waals surface area contributed by atoms with Gasteiger partial charge in [0.1, 0.15) is 0 Å². The molecule has 1 aliphatic rings. The molecule has 0 unspecified atom stereocenters. The Bertz CT molecular complexity index is 483. The van der Waals surface area contributed by atoms with E-state index in [2.05, 4.69) is 17.0 Å². The highest BCUT2D eigenvalue weighted by molar-refractivity contribution is 5.83. The van der Waals surface area contributed by atoms with Crippen molar-refractivity contribution in [3.05, 3.63) is 30.3 Å². The Morgan fingerprint density at radius 3 is 2.00 bits per heavy atom. The average molecular weight is 289 g/mol. The maximum absolute atomic E-state index is 12.7. The van der Waals surface area contributed by atoms with Gasteiger partial charge in [-0.1, -0.05) is 18.2 Å². The highest BCUT2D eigenvalue weighted by atomic mass is 16.2. The quantitative estimate of drug-likeness (QED) is 0.927. The van der Waals surface area contributed by atoms with Crippen molar-refractivity contribution in [1.82, 2.24) is 4.90 Å². The van der Waals surface area contributed by atoms with Crippen LogP contribution in [0, 0.1) is 5.41 Å². The van der Waals surface area contributed by atoms with E-state index in [1.165, 1.54) is 5.69 Å². The summed E-state index contributed by atoms with van der Waals surface area (Å²) in [6.45, 7) is 11.0. The number of nitrogens with two attached hydrogens (primary N) is 1. The molecule has 0 spiro atoms. The number of piperazine rings is 1. The van der Waals surface area contributed by atoms with Gasteiger partial charge in [0.2, 0.25) is 5.91 Å². The highest BCUT2D eigenvalue weighted by Crippen LogP contribution is 2.31. The van der Waals surface area contributed by atoms with Crippen LogP contribution in [0.4, 0.5) is 5.69 Å². The first-order valence-electron chi connectivity index (χ1n) is 7.62. The smallest absolute Gasteiger partial charge is 0.230 e. The molecule has 0 atom stereocenters. The summed E-state index contributed by atoms with van der Waals surface area (Å²) in [5.74, 6) is 0.155. The van der Waals surface area contributed by atoms with Gasteiger partial charge >= 0.3 is 0 Å². The van der Waals surface area contributed by atoms with Crippen LogP contribution in [0.3, 0.4) is 0 Å². The summed E-state index contributed by atoms with van der Waals surface area (Å²) < 4.78 is 0. The molecule has 1 fully saturated rings. The lowest BCUT2D eigenvalue weighted by molar-refractivity contribution is -0.143. The van der Waals surface area contributed by atoms with Crippen LogP contribution in [0.25, 0.3) is 0 Å². The standard InChI is InChI=1S/C17H27N3O/c1-16(2,17(3,4)18)15(21)20-12-10-19(11-13-20)14-8-6-5-7-9-14/h5-9H,10-13,18H2,1-4H3. The van der Waals surface area contributed by atoms with E-state index in [-0.39, 0.29) is 5.91 Å². The van der Waals surface area contributed by atoms with E-state index in [1.807, 2.05) is 50.8 Å². The van der Waals surface area contributed by atoms with E-state index in [4.69, 9.17) is 5.73 Å². The summed E-state index contributed by atoms with van der Waals surface area (Å²) in [6.07, 6.45) is 0. The van der Waals surface area contributed by atoms with Crippen LogP contribution >= 0.6 is 0 Å². The number of nitrogens with zero attached hydrogens (tertiary/aromatic N) is 2. The molecular formula is C17H27N3O. The zero-order valence-electron chi connectivity index (χ0n) is 13.6. The van der Waals surface area contributed by atoms with E-state index in [0.29, 0.717) is 0 Å². The third-order valence-electron chi connectivity index (χ3n) is 4.83. The van der Waals surface area contributed by atoms with Crippen LogP contribution in [0.5, 0.6) is 0 Å². The molecule has 4 heteroatoms. The number of para-hydroxylation sites is 1. The maximum atomic E-state index is 12.7. The number of hydrogen-bond acceptors (Lipinski definition) is 3. The van der Waals surface area contributed by atoms with Crippen LogP contribution in [0.1, 0.15) is 27.7 Å². The normalized spacial score (nSPS) is 17.0. The van der Waals surface area contributed by atoms with E-state index in [1.54, 1.807) is 0 Å². The van der Waals surface area contributed by atoms with Crippen molar-refractivity contribution in [1.29, 1.82) is 0 Å². The SMILES string of the molecule is CC(C)(N)C(C)(C)C(=O)N1CCN(c2ccccc2)CC1. The molecular weight excluding hydrogens is 262 g/mol. The summed E-state index contributed by atoms with van der Waals surface area (Å²) in [5, 5.41) is 0. The highest BCUT2D eigenvalue weighted by Gasteiger charge is 2.43. The Hall–Kier alpha value is -1.55. The number of carbonyl (C=O) groups is 1. The summed E-state index contributed by atoms with van der Waals surface area (Å²) in [7, 11) is 0. The van der Waals surface area contributed by atoms with Crippen molar-refractivity contribution < 1.29 is 4.79 Å². The molecule has 0 radical (unpaired) electrons. The maximum Gasteiger partial charge on any atom is 0.230 e. The molecule has 2 rings (SSSR count). The van der Waals surface area contributed by atoms with Crippen LogP contribution in [0.15, 0.2) is 30.3 Å². The van der Waals surface area contributed by atoms with Crippen molar-refractivity contribution in [3.63, 3.8) is 0 Å². The van der Waals surface area contributed by atoms with E-state index in [9.17, 15) is 4.79 Å². The number of rotatable bonds is 3. The van der Waals surface area contributed by atoms with Gasteiger partial charge in [-0.25, -0.2) is 0 Å². The average Bonchev–Trinajstić information content (AvgIpc) is 2.46. The Morgan fingerprint density at radius 2 is 1.52 bits per heavy atom. The van der Waals surface area contributed by atoms with Crippen molar-refractivity contribution in [2.75, 3.05) is 31.1 Å². The van der Waals surface area contributed by atoms with Gasteiger partial charge in [-0.3, -0.25) is 4.79 Å². The van der Waals surface area contributed by atoms with Gasteiger partial charge in [0.15, 0.2) is 0 Å². The molecule has 1 aromatic rings. The largest absolute Gasteiger partial charge is 0.368 e. The fraction of sp³-hybridized carbons (Fsp3) is 0.588. The van der Waals surface area contributed by atoms with E-state index in [0.717, 1.165) is 26.2 Å². The van der Waals surface area contributed by atoms with Crippen LogP contribution < -0.4 is 10.6 Å². The van der Waals surface area contributed by atoms with Gasteiger partial charge in [-0.05, 0) is 39.8 Å². The second-order valence-corrected chi connectivity index (χ2v) is 6.96. The van der Waals surface area contributed by atoms with E-state index >= 15 is 0 Å². The van der Waals surface area contributed by atoms with Gasteiger partial charge in [-0.15, -0.1) is 0 Å². The number of amides is 1. The van der Waals surface area contributed by atoms with Gasteiger partial charge < -0.3 is 15.5 Å². The lowest BCUT2D eigenvalue weighted by atomic mass is 9.74. The zero-order valence-corrected chi connectivity index (χ0v) is 13.6. The molecule has 2 N–H and O–H groups in total. The van der Waals surface area contributed by atoms with Gasteiger partial charge in [0.25, 0.3) is 0 Å². The van der Waals surface area contributed by atoms with Crippen molar-refractivity contribution in [2.45, 2.75) is 33.2 Å². The molecule has 1 heterocycles. The predicted molar refractivity (Wildman–Crippen MR) is 87.3 cm³/mol. The second-order valence-electron chi connectivity index (χ2n) is 6.96. The first-order valence-corrected chi connectivity index (χ1v) is 7.62. The molecule has 21 heavy (non-hydrogen) atoms. The Kier molecular flexibility index (Phi) is 4.28. The number of carbonyl (C=O) groups excluding carboxylic acids is 1. The molecule has 0 saturated carbocycles. The fourth-order valence-corrected chi connectivity index (χ4v) is 2.48. The predicted octanol–water partition coefficient (Wildman–Crippen LogP) is 2.10. The number of hydrogen-bond donors (Lipinski definition) is 1. The first kappa shape index (κ1) is 15.8. The van der Waals surface area contributed by atoms with Crippen LogP contribution in [-0.2, 0) is 4.79 Å². The second kappa shape index (κ2) is 5.68. The van der Waals surface area contributed by atoms with Crippen LogP contribution in [0.2, 0.25) is 0 Å². The molecule has 1 amide bonds. The Balaban J connectivity index is 2.00. The van der Waals surface area contributed by atoms with Crippen molar-refractivity contribution in [3.8, 4) is 0 Å². The molecule has 116 valence electrons. The summed E-state index contributed by atoms with van der Waals surface area (Å²) >= 11 is 0. The number of anilines is 1. The minimum absolute atomic E-state index is 0.155. The molecule has 1 aliphatic heterocycles. The molecule has 0 bridgehead atoms. The van der Waals surface area contributed by atoms with E-state index < -0.39 is 11.0 Å². The lowest BCUT2D eigenvalue weighted by Gasteiger charge is -2.44. The Morgan fingerprint density at radius 1 is 1.00 bits per heavy atom. The topological polar surface area (TPSA) is 49.6 Å². The minimum Gasteiger partial charge on any atom is -0.368 e. The first-order chi connectivity index (χ1) is 9.73. The molecule has 0 aromatic heterocycles. The Labute approximate surface area is 127 Å². The molecule has 1 saturated heterocycles. The lowest BCUT2D eigenvalue weighted by Crippen LogP contribution is -2.59. The summed E-state index contributed by atoms with van der Waals surface area (Å²) in [6, 6.07) is 10.4. The van der Waals surface area contributed by atoms with Gasteiger partial charge in [0.05, 0.1) is 5.41 Å². The molecule has 1 aromatic carbocycles. The third-order valence-corrected chi connectivity index (χ3v) is 4.83. The number of benzene rings is 1. The summed E-state index contributed by atoms with van der Waals surface area (Å²) in [5.41, 5.74) is 6.33.